The summed E-state index contributed by atoms with van der Waals surface area (Å²) in [4.78, 5) is 14.9. The molecule has 2 aromatic rings. The second kappa shape index (κ2) is 9.67. The summed E-state index contributed by atoms with van der Waals surface area (Å²) < 4.78 is 5.89. The average Bonchev–Trinajstić information content (AvgIpc) is 3.44. The molecule has 1 amide bonds. The lowest BCUT2D eigenvalue weighted by atomic mass is 9.88. The Kier molecular flexibility index (Phi) is 6.76. The Labute approximate surface area is 180 Å². The first-order chi connectivity index (χ1) is 14.6. The third-order valence-corrected chi connectivity index (χ3v) is 6.71. The van der Waals surface area contributed by atoms with Crippen LogP contribution in [-0.2, 0) is 11.2 Å². The van der Waals surface area contributed by atoms with Crippen LogP contribution in [0.15, 0.2) is 30.3 Å². The third-order valence-electron chi connectivity index (χ3n) is 6.71. The molecule has 4 rings (SSSR count). The Morgan fingerprint density at radius 3 is 2.67 bits per heavy atom. The molecule has 0 spiro atoms. The maximum atomic E-state index is 12.8. The van der Waals surface area contributed by atoms with E-state index in [2.05, 4.69) is 47.1 Å². The molecule has 0 radical (unpaired) electrons. The van der Waals surface area contributed by atoms with E-state index < -0.39 is 0 Å². The number of rotatable bonds is 7. The first-order valence-corrected chi connectivity index (χ1v) is 11.7. The third kappa shape index (κ3) is 5.05. The summed E-state index contributed by atoms with van der Waals surface area (Å²) >= 11 is 0. The van der Waals surface area contributed by atoms with E-state index in [-0.39, 0.29) is 5.92 Å². The molecule has 30 heavy (non-hydrogen) atoms. The van der Waals surface area contributed by atoms with Gasteiger partial charge in [0, 0.05) is 37.0 Å². The van der Waals surface area contributed by atoms with Gasteiger partial charge in [-0.15, -0.1) is 0 Å². The fraction of sp³-hybridized carbons (Fsp3) is 0.600. The smallest absolute Gasteiger partial charge is 0.225 e. The first-order valence-electron chi connectivity index (χ1n) is 11.7. The summed E-state index contributed by atoms with van der Waals surface area (Å²) in [5.74, 6) is 2.44. The van der Waals surface area contributed by atoms with Crippen LogP contribution in [0.1, 0.15) is 81.2 Å². The zero-order valence-corrected chi connectivity index (χ0v) is 18.4. The van der Waals surface area contributed by atoms with Gasteiger partial charge in [-0.1, -0.05) is 45.2 Å². The van der Waals surface area contributed by atoms with Crippen molar-refractivity contribution in [2.45, 2.75) is 70.6 Å². The van der Waals surface area contributed by atoms with Crippen molar-refractivity contribution in [2.75, 3.05) is 19.7 Å². The highest BCUT2D eigenvalue weighted by Crippen LogP contribution is 2.31. The molecule has 0 bridgehead atoms. The minimum Gasteiger partial charge on any atom is -0.493 e. The molecule has 1 aromatic carbocycles. The van der Waals surface area contributed by atoms with Crippen LogP contribution >= 0.6 is 0 Å². The van der Waals surface area contributed by atoms with Crippen LogP contribution in [0.2, 0.25) is 0 Å². The van der Waals surface area contributed by atoms with E-state index in [1.54, 1.807) is 0 Å². The molecule has 1 aromatic heterocycles. The van der Waals surface area contributed by atoms with Crippen LogP contribution in [0.5, 0.6) is 5.75 Å². The van der Waals surface area contributed by atoms with Gasteiger partial charge in [0.05, 0.1) is 12.3 Å². The molecular weight excluding hydrogens is 374 g/mol. The van der Waals surface area contributed by atoms with Crippen molar-refractivity contribution >= 4 is 5.91 Å². The van der Waals surface area contributed by atoms with Crippen LogP contribution in [0.3, 0.4) is 0 Å². The molecule has 1 atom stereocenters. The van der Waals surface area contributed by atoms with Gasteiger partial charge in [0.1, 0.15) is 5.75 Å². The SMILES string of the molecule is CC(C)c1ccc(OCCc2cc([C@H]3CCN(C(=O)C4CCCCC4)C3)n[nH]2)cc1. The summed E-state index contributed by atoms with van der Waals surface area (Å²) in [6.07, 6.45) is 7.67. The fourth-order valence-electron chi connectivity index (χ4n) is 4.75. The normalized spacial score (nSPS) is 20.1. The maximum absolute atomic E-state index is 12.8. The predicted molar refractivity (Wildman–Crippen MR) is 119 cm³/mol. The Morgan fingerprint density at radius 1 is 1.17 bits per heavy atom. The first kappa shape index (κ1) is 21.0. The summed E-state index contributed by atoms with van der Waals surface area (Å²) in [6, 6.07) is 10.5. The van der Waals surface area contributed by atoms with Crippen molar-refractivity contribution in [3.8, 4) is 5.75 Å². The number of ether oxygens (including phenoxy) is 1. The largest absolute Gasteiger partial charge is 0.493 e. The number of carbonyl (C=O) groups is 1. The van der Waals surface area contributed by atoms with E-state index in [9.17, 15) is 4.79 Å². The van der Waals surface area contributed by atoms with Gasteiger partial charge in [-0.25, -0.2) is 0 Å². The molecule has 2 fully saturated rings. The van der Waals surface area contributed by atoms with Gasteiger partial charge >= 0.3 is 0 Å². The van der Waals surface area contributed by atoms with E-state index in [4.69, 9.17) is 4.74 Å². The highest BCUT2D eigenvalue weighted by atomic mass is 16.5. The minimum absolute atomic E-state index is 0.263. The Hall–Kier alpha value is -2.30. The zero-order valence-electron chi connectivity index (χ0n) is 18.4. The van der Waals surface area contributed by atoms with Crippen LogP contribution in [0.4, 0.5) is 0 Å². The molecule has 1 aliphatic carbocycles. The van der Waals surface area contributed by atoms with Gasteiger partial charge in [0.15, 0.2) is 0 Å². The van der Waals surface area contributed by atoms with Crippen molar-refractivity contribution in [3.05, 3.63) is 47.3 Å². The lowest BCUT2D eigenvalue weighted by molar-refractivity contribution is -0.135. The monoisotopic (exact) mass is 409 g/mol. The standard InChI is InChI=1S/C25H35N3O2/c1-18(2)19-8-10-23(11-9-19)30-15-13-22-16-24(27-26-22)21-12-14-28(17-21)25(29)20-6-4-3-5-7-20/h8-11,16,18,20-21H,3-7,12-15,17H2,1-2H3,(H,26,27)/t21-/m0/s1. The lowest BCUT2D eigenvalue weighted by Gasteiger charge is -2.26. The Balaban J connectivity index is 1.24. The number of nitrogens with one attached hydrogen (secondary N) is 1. The van der Waals surface area contributed by atoms with Gasteiger partial charge in [0.25, 0.3) is 0 Å². The maximum Gasteiger partial charge on any atom is 0.225 e. The zero-order chi connectivity index (χ0) is 20.9. The van der Waals surface area contributed by atoms with Crippen LogP contribution in [0, 0.1) is 5.92 Å². The second-order valence-corrected chi connectivity index (χ2v) is 9.25. The van der Waals surface area contributed by atoms with Gasteiger partial charge in [0.2, 0.25) is 5.91 Å². The van der Waals surface area contributed by atoms with Gasteiger partial charge in [-0.05, 0) is 48.9 Å². The van der Waals surface area contributed by atoms with Gasteiger partial charge in [-0.2, -0.15) is 5.10 Å². The van der Waals surface area contributed by atoms with Crippen LogP contribution in [-0.4, -0.2) is 40.7 Å². The second-order valence-electron chi connectivity index (χ2n) is 9.25. The van der Waals surface area contributed by atoms with Gasteiger partial charge < -0.3 is 9.64 Å². The number of hydrogen-bond acceptors (Lipinski definition) is 3. The fourth-order valence-corrected chi connectivity index (χ4v) is 4.75. The highest BCUT2D eigenvalue weighted by Gasteiger charge is 2.32. The molecule has 1 aliphatic heterocycles. The number of H-pyrrole nitrogens is 1. The van der Waals surface area contributed by atoms with Crippen LogP contribution < -0.4 is 4.74 Å². The van der Waals surface area contributed by atoms with E-state index in [0.29, 0.717) is 24.3 Å². The van der Waals surface area contributed by atoms with Crippen molar-refractivity contribution < 1.29 is 9.53 Å². The van der Waals surface area contributed by atoms with Crippen molar-refractivity contribution in [1.29, 1.82) is 0 Å². The number of aromatic amines is 1. The highest BCUT2D eigenvalue weighted by molar-refractivity contribution is 5.79. The topological polar surface area (TPSA) is 58.2 Å². The quantitative estimate of drug-likeness (QED) is 0.696. The molecular formula is C25H35N3O2. The molecule has 0 unspecified atom stereocenters. The number of likely N-dealkylation sites (tertiary alicyclic amines) is 1. The Morgan fingerprint density at radius 2 is 1.93 bits per heavy atom. The minimum atomic E-state index is 0.263. The number of hydrogen-bond donors (Lipinski definition) is 1. The molecule has 5 nitrogen and oxygen atoms in total. The lowest BCUT2D eigenvalue weighted by Crippen LogP contribution is -2.35. The molecule has 5 heteroatoms. The van der Waals surface area contributed by atoms with Crippen molar-refractivity contribution in [2.24, 2.45) is 5.92 Å². The van der Waals surface area contributed by atoms with E-state index in [1.807, 2.05) is 12.1 Å². The summed E-state index contributed by atoms with van der Waals surface area (Å²) in [6.45, 7) is 6.71. The summed E-state index contributed by atoms with van der Waals surface area (Å²) in [7, 11) is 0. The van der Waals surface area contributed by atoms with E-state index in [0.717, 1.165) is 55.9 Å². The van der Waals surface area contributed by atoms with Crippen molar-refractivity contribution in [3.63, 3.8) is 0 Å². The van der Waals surface area contributed by atoms with E-state index >= 15 is 0 Å². The average molecular weight is 410 g/mol. The number of carbonyl (C=O) groups excluding carboxylic acids is 1. The molecule has 2 heterocycles. The number of nitrogens with zero attached hydrogens (tertiary/aromatic N) is 2. The molecule has 1 saturated carbocycles. The number of amides is 1. The summed E-state index contributed by atoms with van der Waals surface area (Å²) in [5.41, 5.74) is 3.51. The van der Waals surface area contributed by atoms with Gasteiger partial charge in [-0.3, -0.25) is 9.89 Å². The molecule has 2 aliphatic rings. The predicted octanol–water partition coefficient (Wildman–Crippen LogP) is 5.05. The Bertz CT molecular complexity index is 821. The molecule has 162 valence electrons. The summed E-state index contributed by atoms with van der Waals surface area (Å²) in [5, 5.41) is 7.71. The van der Waals surface area contributed by atoms with E-state index in [1.165, 1.54) is 24.8 Å². The molecule has 1 saturated heterocycles. The number of aromatic nitrogens is 2. The van der Waals surface area contributed by atoms with Crippen LogP contribution in [0.25, 0.3) is 0 Å². The number of benzene rings is 1. The molecule has 1 N–H and O–H groups in total. The van der Waals surface area contributed by atoms with Crippen molar-refractivity contribution in [1.82, 2.24) is 15.1 Å².